The third-order valence-electron chi connectivity index (χ3n) is 1.91. The fourth-order valence-corrected chi connectivity index (χ4v) is 1.32. The van der Waals surface area contributed by atoms with E-state index >= 15 is 0 Å². The largest absolute Gasteiger partial charge is 0.446 e. The lowest BCUT2D eigenvalue weighted by atomic mass is 10.3. The first-order valence-electron chi connectivity index (χ1n) is 4.21. The van der Waals surface area contributed by atoms with Gasteiger partial charge in [0.1, 0.15) is 6.10 Å². The quantitative estimate of drug-likeness (QED) is 0.629. The maximum Gasteiger partial charge on any atom is 0.408 e. The smallest absolute Gasteiger partial charge is 0.408 e. The van der Waals surface area contributed by atoms with Crippen LogP contribution in [0, 0.1) is 12.3 Å². The molecule has 0 aromatic rings. The molecule has 0 radical (unpaired) electrons. The van der Waals surface area contributed by atoms with Crippen LogP contribution in [0.15, 0.2) is 0 Å². The Kier molecular flexibility index (Phi) is 3.46. The second-order valence-electron chi connectivity index (χ2n) is 2.87. The summed E-state index contributed by atoms with van der Waals surface area (Å²) in [6, 6.07) is 0. The van der Waals surface area contributed by atoms with Crippen molar-refractivity contribution in [2.45, 2.75) is 31.8 Å². The molecular formula is C9H13NO2. The molecule has 0 bridgehead atoms. The highest BCUT2D eigenvalue weighted by atomic mass is 16.6. The summed E-state index contributed by atoms with van der Waals surface area (Å²) in [6.45, 7) is 0.242. The molecule has 1 saturated carbocycles. The van der Waals surface area contributed by atoms with Crippen molar-refractivity contribution in [1.82, 2.24) is 5.32 Å². The summed E-state index contributed by atoms with van der Waals surface area (Å²) in [5.41, 5.74) is 0. The molecule has 3 heteroatoms. The summed E-state index contributed by atoms with van der Waals surface area (Å²) in [6.07, 6.45) is 8.99. The van der Waals surface area contributed by atoms with Crippen molar-refractivity contribution in [3.05, 3.63) is 0 Å². The minimum Gasteiger partial charge on any atom is -0.446 e. The van der Waals surface area contributed by atoms with E-state index in [1.807, 2.05) is 0 Å². The molecule has 3 nitrogen and oxygen atoms in total. The first-order chi connectivity index (χ1) is 5.83. The highest BCUT2D eigenvalue weighted by Gasteiger charge is 2.18. The predicted molar refractivity (Wildman–Crippen MR) is 45.6 cm³/mol. The standard InChI is InChI=1S/C9H13NO2/c1-2-7-10-9(11)12-8-5-3-4-6-8/h1,8H,3-7H2,(H,10,11). The molecule has 0 saturated heterocycles. The van der Waals surface area contributed by atoms with Gasteiger partial charge in [-0.05, 0) is 25.7 Å². The van der Waals surface area contributed by atoms with Crippen LogP contribution >= 0.6 is 0 Å². The molecule has 0 aromatic carbocycles. The van der Waals surface area contributed by atoms with Crippen LogP contribution in [0.25, 0.3) is 0 Å². The van der Waals surface area contributed by atoms with Gasteiger partial charge in [-0.2, -0.15) is 0 Å². The minimum absolute atomic E-state index is 0.114. The Bertz CT molecular complexity index is 189. The van der Waals surface area contributed by atoms with Crippen LogP contribution in [0.3, 0.4) is 0 Å². The van der Waals surface area contributed by atoms with Crippen molar-refractivity contribution in [2.75, 3.05) is 6.54 Å². The van der Waals surface area contributed by atoms with E-state index in [0.29, 0.717) is 0 Å². The van der Waals surface area contributed by atoms with E-state index < -0.39 is 0 Å². The molecule has 1 amide bonds. The third kappa shape index (κ3) is 2.83. The van der Waals surface area contributed by atoms with Crippen molar-refractivity contribution >= 4 is 6.09 Å². The van der Waals surface area contributed by atoms with Gasteiger partial charge in [-0.3, -0.25) is 0 Å². The SMILES string of the molecule is C#CCNC(=O)OC1CCCC1. The molecule has 0 heterocycles. The van der Waals surface area contributed by atoms with Crippen LogP contribution in [0.4, 0.5) is 4.79 Å². The van der Waals surface area contributed by atoms with Gasteiger partial charge in [-0.1, -0.05) is 5.92 Å². The second kappa shape index (κ2) is 4.66. The molecule has 0 unspecified atom stereocenters. The zero-order chi connectivity index (χ0) is 8.81. The van der Waals surface area contributed by atoms with Crippen molar-refractivity contribution in [2.24, 2.45) is 0 Å². The summed E-state index contributed by atoms with van der Waals surface area (Å²) in [5.74, 6) is 2.31. The molecule has 12 heavy (non-hydrogen) atoms. The topological polar surface area (TPSA) is 38.3 Å². The van der Waals surface area contributed by atoms with Crippen molar-refractivity contribution < 1.29 is 9.53 Å². The Morgan fingerprint density at radius 2 is 2.25 bits per heavy atom. The number of alkyl carbamates (subject to hydrolysis) is 1. The molecule has 0 atom stereocenters. The number of terminal acetylenes is 1. The minimum atomic E-state index is -0.389. The first-order valence-corrected chi connectivity index (χ1v) is 4.21. The predicted octanol–water partition coefficient (Wildman–Crippen LogP) is 1.29. The van der Waals surface area contributed by atoms with Crippen molar-refractivity contribution in [3.63, 3.8) is 0 Å². The van der Waals surface area contributed by atoms with E-state index in [1.165, 1.54) is 0 Å². The summed E-state index contributed by atoms with van der Waals surface area (Å²) in [4.78, 5) is 10.9. The molecule has 0 spiro atoms. The lowest BCUT2D eigenvalue weighted by Crippen LogP contribution is -2.27. The number of ether oxygens (including phenoxy) is 1. The van der Waals surface area contributed by atoms with Crippen LogP contribution < -0.4 is 5.32 Å². The van der Waals surface area contributed by atoms with Gasteiger partial charge in [0.2, 0.25) is 0 Å². The lowest BCUT2D eigenvalue weighted by molar-refractivity contribution is 0.102. The fourth-order valence-electron chi connectivity index (χ4n) is 1.32. The van der Waals surface area contributed by atoms with Gasteiger partial charge in [-0.15, -0.1) is 6.42 Å². The second-order valence-corrected chi connectivity index (χ2v) is 2.87. The van der Waals surface area contributed by atoms with Gasteiger partial charge in [0, 0.05) is 0 Å². The average Bonchev–Trinajstić information content (AvgIpc) is 2.53. The Balaban J connectivity index is 2.13. The number of amides is 1. The Hall–Kier alpha value is -1.17. The zero-order valence-electron chi connectivity index (χ0n) is 7.01. The molecule has 1 rings (SSSR count). The highest BCUT2D eigenvalue weighted by Crippen LogP contribution is 2.20. The summed E-state index contributed by atoms with van der Waals surface area (Å²) in [7, 11) is 0. The zero-order valence-corrected chi connectivity index (χ0v) is 7.01. The van der Waals surface area contributed by atoms with E-state index in [2.05, 4.69) is 11.2 Å². The van der Waals surface area contributed by atoms with Gasteiger partial charge < -0.3 is 10.1 Å². The summed E-state index contributed by atoms with van der Waals surface area (Å²) >= 11 is 0. The average molecular weight is 167 g/mol. The van der Waals surface area contributed by atoms with Crippen LogP contribution in [0.2, 0.25) is 0 Å². The van der Waals surface area contributed by atoms with E-state index in [9.17, 15) is 4.79 Å². The van der Waals surface area contributed by atoms with Crippen LogP contribution in [-0.2, 0) is 4.74 Å². The molecule has 66 valence electrons. The van der Waals surface area contributed by atoms with E-state index in [-0.39, 0.29) is 18.7 Å². The first kappa shape index (κ1) is 8.92. The molecule has 0 aliphatic heterocycles. The number of rotatable bonds is 2. The van der Waals surface area contributed by atoms with Crippen LogP contribution in [0.1, 0.15) is 25.7 Å². The van der Waals surface area contributed by atoms with Gasteiger partial charge in [0.15, 0.2) is 0 Å². The van der Waals surface area contributed by atoms with Gasteiger partial charge >= 0.3 is 6.09 Å². The number of nitrogens with one attached hydrogen (secondary N) is 1. The van der Waals surface area contributed by atoms with Gasteiger partial charge in [-0.25, -0.2) is 4.79 Å². The van der Waals surface area contributed by atoms with Crippen molar-refractivity contribution in [3.8, 4) is 12.3 Å². The van der Waals surface area contributed by atoms with Crippen LogP contribution in [-0.4, -0.2) is 18.7 Å². The van der Waals surface area contributed by atoms with Gasteiger partial charge in [0.25, 0.3) is 0 Å². The Morgan fingerprint density at radius 1 is 1.58 bits per heavy atom. The van der Waals surface area contributed by atoms with Crippen molar-refractivity contribution in [1.29, 1.82) is 0 Å². The Labute approximate surface area is 72.5 Å². The summed E-state index contributed by atoms with van der Waals surface area (Å²) < 4.78 is 5.07. The number of carbonyl (C=O) groups excluding carboxylic acids is 1. The molecular weight excluding hydrogens is 154 g/mol. The fraction of sp³-hybridized carbons (Fsp3) is 0.667. The van der Waals surface area contributed by atoms with Crippen LogP contribution in [0.5, 0.6) is 0 Å². The summed E-state index contributed by atoms with van der Waals surface area (Å²) in [5, 5.41) is 2.46. The maximum absolute atomic E-state index is 10.9. The molecule has 0 aromatic heterocycles. The molecule has 1 fully saturated rings. The highest BCUT2D eigenvalue weighted by molar-refractivity contribution is 5.67. The number of carbonyl (C=O) groups is 1. The van der Waals surface area contributed by atoms with E-state index in [0.717, 1.165) is 25.7 Å². The van der Waals surface area contributed by atoms with E-state index in [1.54, 1.807) is 0 Å². The van der Waals surface area contributed by atoms with Gasteiger partial charge in [0.05, 0.1) is 6.54 Å². The number of hydrogen-bond donors (Lipinski definition) is 1. The lowest BCUT2D eigenvalue weighted by Gasteiger charge is -2.10. The molecule has 1 aliphatic carbocycles. The van der Waals surface area contributed by atoms with E-state index in [4.69, 9.17) is 11.2 Å². The maximum atomic E-state index is 10.9. The monoisotopic (exact) mass is 167 g/mol. The normalized spacial score (nSPS) is 16.9. The Morgan fingerprint density at radius 3 is 2.83 bits per heavy atom. The number of hydrogen-bond acceptors (Lipinski definition) is 2. The molecule has 1 aliphatic rings. The third-order valence-corrected chi connectivity index (χ3v) is 1.91. The molecule has 1 N–H and O–H groups in total.